The number of aromatic nitrogens is 3. The van der Waals surface area contributed by atoms with Crippen LogP contribution in [0.1, 0.15) is 28.0 Å². The summed E-state index contributed by atoms with van der Waals surface area (Å²) in [6, 6.07) is 10.6. The molecule has 10 nitrogen and oxygen atoms in total. The fourth-order valence-corrected chi connectivity index (χ4v) is 3.74. The number of carbonyl (C=O) groups excluding carboxylic acids is 1. The van der Waals surface area contributed by atoms with E-state index in [-0.39, 0.29) is 28.0 Å². The van der Waals surface area contributed by atoms with Crippen LogP contribution in [0.3, 0.4) is 0 Å². The summed E-state index contributed by atoms with van der Waals surface area (Å²) in [5.74, 6) is -1.78. The molecule has 178 valence electrons. The molecule has 6 N–H and O–H groups in total. The summed E-state index contributed by atoms with van der Waals surface area (Å²) in [6.45, 7) is 0.508. The van der Waals surface area contributed by atoms with Gasteiger partial charge in [0.05, 0.1) is 33.2 Å². The Morgan fingerprint density at radius 1 is 1.12 bits per heavy atom. The Kier molecular flexibility index (Phi) is 8.44. The first-order chi connectivity index (χ1) is 16.2. The summed E-state index contributed by atoms with van der Waals surface area (Å²) in [6.07, 6.45) is 3.27. The van der Waals surface area contributed by atoms with E-state index in [2.05, 4.69) is 20.6 Å². The van der Waals surface area contributed by atoms with Crippen molar-refractivity contribution < 1.29 is 14.7 Å². The molecule has 2 aromatic carbocycles. The number of aryl methyl sites for hydroxylation is 1. The highest BCUT2D eigenvalue weighted by Crippen LogP contribution is 2.24. The smallest absolute Gasteiger partial charge is 0.326 e. The Hall–Kier alpha value is -3.63. The normalized spacial score (nSPS) is 11.6. The third-order valence-electron chi connectivity index (χ3n) is 4.86. The van der Waals surface area contributed by atoms with E-state index in [9.17, 15) is 14.7 Å². The number of hydrogen-bond donors (Lipinski definition) is 4. The highest BCUT2D eigenvalue weighted by atomic mass is 35.5. The molecule has 12 heteroatoms. The van der Waals surface area contributed by atoms with Crippen LogP contribution in [0.4, 0.5) is 0 Å². The lowest BCUT2D eigenvalue weighted by molar-refractivity contribution is -0.139. The van der Waals surface area contributed by atoms with Crippen LogP contribution in [-0.2, 0) is 17.6 Å². The maximum atomic E-state index is 12.6. The number of nitrogens with zero attached hydrogens (tertiary/aromatic N) is 4. The molecule has 0 aliphatic rings. The van der Waals surface area contributed by atoms with Crippen LogP contribution >= 0.6 is 23.2 Å². The van der Waals surface area contributed by atoms with Gasteiger partial charge in [-0.2, -0.15) is 0 Å². The van der Waals surface area contributed by atoms with Crippen molar-refractivity contribution in [1.29, 1.82) is 0 Å². The molecule has 0 saturated heterocycles. The number of benzene rings is 2. The summed E-state index contributed by atoms with van der Waals surface area (Å²) in [4.78, 5) is 28.3. The number of carboxylic acid groups (broad SMARTS) is 1. The number of halogens is 2. The summed E-state index contributed by atoms with van der Waals surface area (Å²) >= 11 is 12.1. The predicted octanol–water partition coefficient (Wildman–Crippen LogP) is 2.21. The van der Waals surface area contributed by atoms with E-state index in [0.717, 1.165) is 17.8 Å². The topological polar surface area (TPSA) is 162 Å². The first-order valence-corrected chi connectivity index (χ1v) is 11.0. The molecule has 1 amide bonds. The molecule has 0 fully saturated rings. The van der Waals surface area contributed by atoms with Gasteiger partial charge in [0, 0.05) is 13.0 Å². The summed E-state index contributed by atoms with van der Waals surface area (Å²) in [5, 5.41) is 20.6. The van der Waals surface area contributed by atoms with Gasteiger partial charge >= 0.3 is 5.97 Å². The van der Waals surface area contributed by atoms with E-state index >= 15 is 0 Å². The molecular formula is C22H23Cl2N7O3. The van der Waals surface area contributed by atoms with Gasteiger partial charge in [-0.1, -0.05) is 46.6 Å². The van der Waals surface area contributed by atoms with Gasteiger partial charge in [0.15, 0.2) is 5.96 Å². The average Bonchev–Trinajstić information content (AvgIpc) is 3.25. The average molecular weight is 504 g/mol. The molecule has 3 aromatic rings. The largest absolute Gasteiger partial charge is 0.480 e. The van der Waals surface area contributed by atoms with Crippen molar-refractivity contribution in [2.75, 3.05) is 6.54 Å². The summed E-state index contributed by atoms with van der Waals surface area (Å²) in [5.41, 5.74) is 12.9. The zero-order valence-electron chi connectivity index (χ0n) is 18.0. The lowest BCUT2D eigenvalue weighted by Gasteiger charge is -2.16. The monoisotopic (exact) mass is 503 g/mol. The predicted molar refractivity (Wildman–Crippen MR) is 129 cm³/mol. The van der Waals surface area contributed by atoms with Crippen molar-refractivity contribution >= 4 is 41.0 Å². The highest BCUT2D eigenvalue weighted by Gasteiger charge is 2.23. The molecule has 3 rings (SSSR count). The highest BCUT2D eigenvalue weighted by molar-refractivity contribution is 6.39. The molecule has 34 heavy (non-hydrogen) atoms. The van der Waals surface area contributed by atoms with E-state index in [0.29, 0.717) is 18.5 Å². The van der Waals surface area contributed by atoms with Crippen LogP contribution in [0.5, 0.6) is 0 Å². The molecule has 0 bridgehead atoms. The molecular weight excluding hydrogens is 481 g/mol. The lowest BCUT2D eigenvalue weighted by Crippen LogP contribution is -2.42. The van der Waals surface area contributed by atoms with Crippen molar-refractivity contribution in [3.05, 3.63) is 75.5 Å². The van der Waals surface area contributed by atoms with Crippen LogP contribution in [0.15, 0.2) is 53.7 Å². The zero-order chi connectivity index (χ0) is 24.7. The third-order valence-corrected chi connectivity index (χ3v) is 5.49. The second-order valence-corrected chi connectivity index (χ2v) is 8.21. The van der Waals surface area contributed by atoms with Crippen molar-refractivity contribution in [2.45, 2.75) is 25.3 Å². The van der Waals surface area contributed by atoms with Crippen LogP contribution in [0, 0.1) is 0 Å². The Morgan fingerprint density at radius 3 is 2.41 bits per heavy atom. The van der Waals surface area contributed by atoms with Crippen molar-refractivity contribution in [3.8, 4) is 5.69 Å². The Bertz CT molecular complexity index is 1170. The number of carbonyl (C=O) groups is 2. The number of nitrogens with one attached hydrogen (secondary N) is 1. The molecule has 1 heterocycles. The zero-order valence-corrected chi connectivity index (χ0v) is 19.5. The second-order valence-electron chi connectivity index (χ2n) is 7.40. The second kappa shape index (κ2) is 11.5. The van der Waals surface area contributed by atoms with Crippen LogP contribution in [0.2, 0.25) is 10.0 Å². The van der Waals surface area contributed by atoms with E-state index in [1.807, 2.05) is 0 Å². The molecule has 0 radical (unpaired) electrons. The van der Waals surface area contributed by atoms with E-state index < -0.39 is 17.9 Å². The maximum Gasteiger partial charge on any atom is 0.326 e. The number of aliphatic imine (C=N–C) groups is 1. The van der Waals surface area contributed by atoms with Crippen molar-refractivity contribution in [1.82, 2.24) is 20.3 Å². The number of amides is 1. The number of guanidine groups is 1. The summed E-state index contributed by atoms with van der Waals surface area (Å²) < 4.78 is 1.62. The number of rotatable bonds is 10. The van der Waals surface area contributed by atoms with Gasteiger partial charge in [-0.25, -0.2) is 9.48 Å². The minimum Gasteiger partial charge on any atom is -0.480 e. The maximum absolute atomic E-state index is 12.6. The van der Waals surface area contributed by atoms with E-state index in [1.54, 1.807) is 41.2 Å². The van der Waals surface area contributed by atoms with Gasteiger partial charge < -0.3 is 21.9 Å². The van der Waals surface area contributed by atoms with Gasteiger partial charge in [0.2, 0.25) is 0 Å². The lowest BCUT2D eigenvalue weighted by atomic mass is 10.0. The van der Waals surface area contributed by atoms with Gasteiger partial charge in [-0.15, -0.1) is 5.10 Å². The van der Waals surface area contributed by atoms with Gasteiger partial charge in [-0.3, -0.25) is 9.79 Å². The van der Waals surface area contributed by atoms with E-state index in [1.165, 1.54) is 12.1 Å². The number of carboxylic acids is 1. The van der Waals surface area contributed by atoms with Gasteiger partial charge in [0.1, 0.15) is 6.04 Å². The molecule has 0 aliphatic carbocycles. The fourth-order valence-electron chi connectivity index (χ4n) is 3.17. The fraction of sp³-hybridized carbons (Fsp3) is 0.227. The van der Waals surface area contributed by atoms with E-state index in [4.69, 9.17) is 34.7 Å². The SMILES string of the molecule is NC(N)=NCCCc1cn(-c2ccc(C[C@H](NC(=O)c3c(Cl)cccc3Cl)C(=O)O)cc2)nn1. The minimum atomic E-state index is -1.18. The van der Waals surface area contributed by atoms with Crippen LogP contribution < -0.4 is 16.8 Å². The molecule has 0 spiro atoms. The molecule has 0 unspecified atom stereocenters. The number of aliphatic carboxylic acids is 1. The summed E-state index contributed by atoms with van der Waals surface area (Å²) in [7, 11) is 0. The number of hydrogen-bond acceptors (Lipinski definition) is 5. The molecule has 1 atom stereocenters. The van der Waals surface area contributed by atoms with Crippen molar-refractivity contribution in [3.63, 3.8) is 0 Å². The molecule has 0 aliphatic heterocycles. The number of nitrogens with two attached hydrogens (primary N) is 2. The van der Waals surface area contributed by atoms with Crippen molar-refractivity contribution in [2.24, 2.45) is 16.5 Å². The quantitative estimate of drug-likeness (QED) is 0.187. The Labute approximate surface area is 205 Å². The first kappa shape index (κ1) is 25.0. The minimum absolute atomic E-state index is 0.0349. The standard InChI is InChI=1S/C22H23Cl2N7O3/c23-16-4-1-5-17(24)19(16)20(32)28-18(21(33)34)11-13-6-8-15(9-7-13)31-12-14(29-30-31)3-2-10-27-22(25)26/h1,4-9,12,18H,2-3,10-11H2,(H,28,32)(H,33,34)(H4,25,26,27)/t18-/m0/s1. The van der Waals surface area contributed by atoms with Crippen LogP contribution in [-0.4, -0.2) is 50.5 Å². The van der Waals surface area contributed by atoms with Gasteiger partial charge in [-0.05, 0) is 42.7 Å². The Balaban J connectivity index is 1.64. The van der Waals surface area contributed by atoms with Crippen LogP contribution in [0.25, 0.3) is 5.69 Å². The third kappa shape index (κ3) is 6.69. The Morgan fingerprint density at radius 2 is 1.79 bits per heavy atom. The first-order valence-electron chi connectivity index (χ1n) is 10.3. The molecule has 1 aromatic heterocycles. The molecule has 0 saturated carbocycles. The van der Waals surface area contributed by atoms with Gasteiger partial charge in [0.25, 0.3) is 5.91 Å².